The first-order valence-electron chi connectivity index (χ1n) is 5.07. The average Bonchev–Trinajstić information content (AvgIpc) is 2.62. The van der Waals surface area contributed by atoms with E-state index < -0.39 is 5.97 Å². The summed E-state index contributed by atoms with van der Waals surface area (Å²) in [7, 11) is 1.70. The number of carbonyl (C=O) groups is 2. The molecular weight excluding hydrogens is 208 g/mol. The number of hydrogen-bond acceptors (Lipinski definition) is 2. The lowest BCUT2D eigenvalue weighted by molar-refractivity contribution is -0.137. The zero-order valence-electron chi connectivity index (χ0n) is 9.67. The van der Waals surface area contributed by atoms with Crippen molar-refractivity contribution in [2.45, 2.75) is 26.4 Å². The standard InChI is InChI=1S/C11H16N2O3/c1-8(2)12(3)11(16)9-5-4-6-13(9)7-10(14)15/h4-6,8H,7H2,1-3H3,(H,14,15). The molecule has 0 aromatic carbocycles. The van der Waals surface area contributed by atoms with Crippen LogP contribution in [0.25, 0.3) is 0 Å². The van der Waals surface area contributed by atoms with Gasteiger partial charge in [-0.2, -0.15) is 0 Å². The molecule has 1 rings (SSSR count). The Hall–Kier alpha value is -1.78. The van der Waals surface area contributed by atoms with Gasteiger partial charge in [0.15, 0.2) is 0 Å². The molecule has 88 valence electrons. The zero-order chi connectivity index (χ0) is 12.3. The third-order valence-electron chi connectivity index (χ3n) is 2.45. The molecular formula is C11H16N2O3. The molecule has 0 fully saturated rings. The molecule has 0 radical (unpaired) electrons. The van der Waals surface area contributed by atoms with Crippen LogP contribution in [0.15, 0.2) is 18.3 Å². The van der Waals surface area contributed by atoms with Crippen LogP contribution in [0.2, 0.25) is 0 Å². The van der Waals surface area contributed by atoms with Crippen LogP contribution in [0.5, 0.6) is 0 Å². The first kappa shape index (κ1) is 12.3. The highest BCUT2D eigenvalue weighted by Gasteiger charge is 2.18. The molecule has 0 unspecified atom stereocenters. The topological polar surface area (TPSA) is 62.5 Å². The van der Waals surface area contributed by atoms with Crippen molar-refractivity contribution in [1.82, 2.24) is 9.47 Å². The summed E-state index contributed by atoms with van der Waals surface area (Å²) >= 11 is 0. The second-order valence-electron chi connectivity index (χ2n) is 3.92. The smallest absolute Gasteiger partial charge is 0.323 e. The Bertz CT molecular complexity index is 396. The van der Waals surface area contributed by atoms with E-state index in [0.29, 0.717) is 5.69 Å². The van der Waals surface area contributed by atoms with Crippen molar-refractivity contribution in [2.24, 2.45) is 0 Å². The van der Waals surface area contributed by atoms with E-state index in [-0.39, 0.29) is 18.5 Å². The van der Waals surface area contributed by atoms with Gasteiger partial charge in [0.05, 0.1) is 0 Å². The molecule has 0 saturated carbocycles. The van der Waals surface area contributed by atoms with E-state index in [4.69, 9.17) is 5.11 Å². The lowest BCUT2D eigenvalue weighted by Gasteiger charge is -2.21. The molecule has 1 N–H and O–H groups in total. The predicted octanol–water partition coefficient (Wildman–Crippen LogP) is 1.05. The van der Waals surface area contributed by atoms with E-state index in [2.05, 4.69) is 0 Å². The summed E-state index contributed by atoms with van der Waals surface area (Å²) in [6, 6.07) is 3.38. The van der Waals surface area contributed by atoms with Crippen LogP contribution in [-0.4, -0.2) is 39.5 Å². The molecule has 0 aliphatic heterocycles. The highest BCUT2D eigenvalue weighted by molar-refractivity contribution is 5.93. The number of carbonyl (C=O) groups excluding carboxylic acids is 1. The second-order valence-corrected chi connectivity index (χ2v) is 3.92. The highest BCUT2D eigenvalue weighted by Crippen LogP contribution is 2.08. The van der Waals surface area contributed by atoms with Crippen molar-refractivity contribution in [3.05, 3.63) is 24.0 Å². The number of carboxylic acids is 1. The van der Waals surface area contributed by atoms with E-state index in [1.807, 2.05) is 13.8 Å². The van der Waals surface area contributed by atoms with Crippen molar-refractivity contribution in [3.63, 3.8) is 0 Å². The lowest BCUT2D eigenvalue weighted by Crippen LogP contribution is -2.34. The number of hydrogen-bond donors (Lipinski definition) is 1. The fraction of sp³-hybridized carbons (Fsp3) is 0.455. The third-order valence-corrected chi connectivity index (χ3v) is 2.45. The minimum atomic E-state index is -0.961. The fourth-order valence-corrected chi connectivity index (χ4v) is 1.31. The van der Waals surface area contributed by atoms with Crippen molar-refractivity contribution in [3.8, 4) is 0 Å². The van der Waals surface area contributed by atoms with Gasteiger partial charge in [0, 0.05) is 19.3 Å². The maximum absolute atomic E-state index is 12.0. The van der Waals surface area contributed by atoms with Gasteiger partial charge in [0.1, 0.15) is 12.2 Å². The number of aliphatic carboxylic acids is 1. The van der Waals surface area contributed by atoms with Gasteiger partial charge in [-0.3, -0.25) is 9.59 Å². The van der Waals surface area contributed by atoms with Gasteiger partial charge in [-0.1, -0.05) is 0 Å². The minimum absolute atomic E-state index is 0.0840. The monoisotopic (exact) mass is 224 g/mol. The molecule has 5 nitrogen and oxygen atoms in total. The maximum atomic E-state index is 12.0. The van der Waals surface area contributed by atoms with E-state index >= 15 is 0 Å². The van der Waals surface area contributed by atoms with Crippen LogP contribution in [0.4, 0.5) is 0 Å². The predicted molar refractivity (Wildman–Crippen MR) is 59.3 cm³/mol. The Morgan fingerprint density at radius 3 is 2.62 bits per heavy atom. The largest absolute Gasteiger partial charge is 0.480 e. The van der Waals surface area contributed by atoms with E-state index in [1.54, 1.807) is 30.3 Å². The molecule has 0 spiro atoms. The van der Waals surface area contributed by atoms with Crippen LogP contribution >= 0.6 is 0 Å². The molecule has 5 heteroatoms. The lowest BCUT2D eigenvalue weighted by atomic mass is 10.3. The molecule has 1 amide bonds. The van der Waals surface area contributed by atoms with Gasteiger partial charge in [0.2, 0.25) is 0 Å². The van der Waals surface area contributed by atoms with Gasteiger partial charge >= 0.3 is 5.97 Å². The van der Waals surface area contributed by atoms with Crippen molar-refractivity contribution in [1.29, 1.82) is 0 Å². The minimum Gasteiger partial charge on any atom is -0.480 e. The maximum Gasteiger partial charge on any atom is 0.323 e. The Labute approximate surface area is 94.3 Å². The van der Waals surface area contributed by atoms with Gasteiger partial charge in [-0.25, -0.2) is 0 Å². The first-order chi connectivity index (χ1) is 7.43. The average molecular weight is 224 g/mol. The molecule has 16 heavy (non-hydrogen) atoms. The normalized spacial score (nSPS) is 10.5. The Balaban J connectivity index is 2.91. The fourth-order valence-electron chi connectivity index (χ4n) is 1.31. The summed E-state index contributed by atoms with van der Waals surface area (Å²) in [6.45, 7) is 3.62. The summed E-state index contributed by atoms with van der Waals surface area (Å²) in [5.41, 5.74) is 0.401. The molecule has 0 saturated heterocycles. The Morgan fingerprint density at radius 2 is 2.12 bits per heavy atom. The Kier molecular flexibility index (Phi) is 3.71. The van der Waals surface area contributed by atoms with Crippen molar-refractivity contribution >= 4 is 11.9 Å². The van der Waals surface area contributed by atoms with Crippen LogP contribution in [0, 0.1) is 0 Å². The third kappa shape index (κ3) is 2.62. The van der Waals surface area contributed by atoms with Crippen LogP contribution < -0.4 is 0 Å². The van der Waals surface area contributed by atoms with Crippen LogP contribution in [-0.2, 0) is 11.3 Å². The molecule has 1 aromatic rings. The number of aromatic nitrogens is 1. The summed E-state index contributed by atoms with van der Waals surface area (Å²) in [5.74, 6) is -1.13. The summed E-state index contributed by atoms with van der Waals surface area (Å²) in [6.07, 6.45) is 1.59. The molecule has 0 bridgehead atoms. The molecule has 1 heterocycles. The van der Waals surface area contributed by atoms with Gasteiger partial charge in [0.25, 0.3) is 5.91 Å². The van der Waals surface area contributed by atoms with Gasteiger partial charge in [-0.05, 0) is 26.0 Å². The van der Waals surface area contributed by atoms with Gasteiger partial charge < -0.3 is 14.6 Å². The number of nitrogens with zero attached hydrogens (tertiary/aromatic N) is 2. The highest BCUT2D eigenvalue weighted by atomic mass is 16.4. The summed E-state index contributed by atoms with van der Waals surface area (Å²) in [4.78, 5) is 24.1. The number of carboxylic acid groups (broad SMARTS) is 1. The molecule has 0 aliphatic carbocycles. The molecule has 1 aromatic heterocycles. The summed E-state index contributed by atoms with van der Waals surface area (Å²) in [5, 5.41) is 8.69. The van der Waals surface area contributed by atoms with E-state index in [0.717, 1.165) is 0 Å². The molecule has 0 aliphatic rings. The quantitative estimate of drug-likeness (QED) is 0.831. The zero-order valence-corrected chi connectivity index (χ0v) is 9.67. The van der Waals surface area contributed by atoms with E-state index in [9.17, 15) is 9.59 Å². The second kappa shape index (κ2) is 4.83. The summed E-state index contributed by atoms with van der Waals surface area (Å²) < 4.78 is 1.43. The SMILES string of the molecule is CC(C)N(C)C(=O)c1cccn1CC(=O)O. The van der Waals surface area contributed by atoms with Crippen LogP contribution in [0.3, 0.4) is 0 Å². The van der Waals surface area contributed by atoms with Gasteiger partial charge in [-0.15, -0.1) is 0 Å². The molecule has 0 atom stereocenters. The van der Waals surface area contributed by atoms with Crippen LogP contribution in [0.1, 0.15) is 24.3 Å². The number of rotatable bonds is 4. The Morgan fingerprint density at radius 1 is 1.50 bits per heavy atom. The van der Waals surface area contributed by atoms with E-state index in [1.165, 1.54) is 4.57 Å². The first-order valence-corrected chi connectivity index (χ1v) is 5.07. The van der Waals surface area contributed by atoms with Crippen molar-refractivity contribution in [2.75, 3.05) is 7.05 Å². The van der Waals surface area contributed by atoms with Crippen molar-refractivity contribution < 1.29 is 14.7 Å². The number of amides is 1.